The van der Waals surface area contributed by atoms with Gasteiger partial charge in [0.25, 0.3) is 6.43 Å². The molecule has 3 N–H and O–H groups in total. The minimum Gasteiger partial charge on any atom is -0.497 e. The predicted molar refractivity (Wildman–Crippen MR) is 107 cm³/mol. The largest absolute Gasteiger partial charge is 0.497 e. The topological polar surface area (TPSA) is 78.8 Å². The van der Waals surface area contributed by atoms with Crippen LogP contribution in [-0.4, -0.2) is 35.4 Å². The Hall–Kier alpha value is -2.77. The number of alkyl halides is 2. The van der Waals surface area contributed by atoms with Gasteiger partial charge in [0.15, 0.2) is 0 Å². The number of ether oxygens (including phenoxy) is 1. The molecule has 156 valence electrons. The zero-order valence-corrected chi connectivity index (χ0v) is 16.3. The van der Waals surface area contributed by atoms with Crippen molar-refractivity contribution in [3.05, 3.63) is 60.2 Å². The van der Waals surface area contributed by atoms with Gasteiger partial charge in [-0.15, -0.1) is 0 Å². The molecule has 2 atom stereocenters. The van der Waals surface area contributed by atoms with Crippen molar-refractivity contribution >= 4 is 12.0 Å². The number of rotatable bonds is 9. The molecule has 0 unspecified atom stereocenters. The number of hydroxylamine groups is 1. The van der Waals surface area contributed by atoms with Crippen molar-refractivity contribution in [1.82, 2.24) is 5.48 Å². The van der Waals surface area contributed by atoms with Crippen LogP contribution >= 0.6 is 0 Å². The first kappa shape index (κ1) is 22.5. The van der Waals surface area contributed by atoms with Gasteiger partial charge in [-0.3, -0.25) is 10.0 Å². The Bertz CT molecular complexity index is 818. The number of allylic oxidation sites excluding steroid dienone is 1. The Labute approximate surface area is 168 Å². The van der Waals surface area contributed by atoms with E-state index < -0.39 is 23.9 Å². The van der Waals surface area contributed by atoms with Gasteiger partial charge in [0.2, 0.25) is 5.91 Å². The fourth-order valence-corrected chi connectivity index (χ4v) is 2.97. The van der Waals surface area contributed by atoms with Crippen LogP contribution in [0.1, 0.15) is 25.3 Å². The third-order valence-electron chi connectivity index (χ3n) is 4.84. The summed E-state index contributed by atoms with van der Waals surface area (Å²) < 4.78 is 31.2. The van der Waals surface area contributed by atoms with E-state index in [1.54, 1.807) is 13.2 Å². The molecule has 29 heavy (non-hydrogen) atoms. The molecule has 2 rings (SSSR count). The summed E-state index contributed by atoms with van der Waals surface area (Å²) in [4.78, 5) is 11.7. The SMILES string of the molecule is COc1ccc(-c2ccc(/C=C/CC[C@H](C(=O)NO)[C@](C)(O)C(F)F)cc2)cc1. The minimum atomic E-state index is -3.11. The molecule has 0 saturated carbocycles. The van der Waals surface area contributed by atoms with Crippen LogP contribution in [0.4, 0.5) is 8.78 Å². The van der Waals surface area contributed by atoms with Crippen molar-refractivity contribution < 1.29 is 28.6 Å². The fourth-order valence-electron chi connectivity index (χ4n) is 2.97. The van der Waals surface area contributed by atoms with Crippen molar-refractivity contribution in [3.8, 4) is 16.9 Å². The molecule has 0 spiro atoms. The first-order valence-corrected chi connectivity index (χ1v) is 9.15. The molecule has 0 fully saturated rings. The summed E-state index contributed by atoms with van der Waals surface area (Å²) in [5, 5.41) is 18.6. The number of amides is 1. The molecule has 0 heterocycles. The Morgan fingerprint density at radius 1 is 1.14 bits per heavy atom. The lowest BCUT2D eigenvalue weighted by atomic mass is 9.85. The van der Waals surface area contributed by atoms with Crippen LogP contribution in [0.25, 0.3) is 17.2 Å². The zero-order valence-electron chi connectivity index (χ0n) is 16.3. The first-order chi connectivity index (χ1) is 13.8. The molecule has 2 aromatic rings. The molecular formula is C22H25F2NO4. The molecule has 0 bridgehead atoms. The summed E-state index contributed by atoms with van der Waals surface area (Å²) in [7, 11) is 1.61. The summed E-state index contributed by atoms with van der Waals surface area (Å²) in [5.41, 5.74) is 1.82. The number of benzene rings is 2. The molecular weight excluding hydrogens is 380 g/mol. The third kappa shape index (κ3) is 5.85. The Morgan fingerprint density at radius 3 is 2.17 bits per heavy atom. The second-order valence-electron chi connectivity index (χ2n) is 6.89. The van der Waals surface area contributed by atoms with Crippen LogP contribution < -0.4 is 10.2 Å². The predicted octanol–water partition coefficient (Wildman–Crippen LogP) is 4.29. The van der Waals surface area contributed by atoms with Crippen LogP contribution in [-0.2, 0) is 4.79 Å². The molecule has 0 aromatic heterocycles. The Kier molecular flexibility index (Phi) is 7.87. The maximum absolute atomic E-state index is 13.0. The highest BCUT2D eigenvalue weighted by Crippen LogP contribution is 2.29. The third-order valence-corrected chi connectivity index (χ3v) is 4.84. The van der Waals surface area contributed by atoms with E-state index in [9.17, 15) is 18.7 Å². The molecule has 0 saturated heterocycles. The van der Waals surface area contributed by atoms with E-state index in [1.165, 1.54) is 5.48 Å². The van der Waals surface area contributed by atoms with Crippen LogP contribution in [0.5, 0.6) is 5.75 Å². The molecule has 0 aliphatic heterocycles. The van der Waals surface area contributed by atoms with Crippen LogP contribution in [0.3, 0.4) is 0 Å². The number of carbonyl (C=O) groups excluding carboxylic acids is 1. The minimum absolute atomic E-state index is 0.0375. The van der Waals surface area contributed by atoms with Gasteiger partial charge in [0.05, 0.1) is 13.0 Å². The lowest BCUT2D eigenvalue weighted by Crippen LogP contribution is -2.49. The van der Waals surface area contributed by atoms with Crippen LogP contribution in [0.2, 0.25) is 0 Å². The number of aliphatic hydroxyl groups is 1. The number of carbonyl (C=O) groups is 1. The van der Waals surface area contributed by atoms with Crippen LogP contribution in [0, 0.1) is 5.92 Å². The lowest BCUT2D eigenvalue weighted by molar-refractivity contribution is -0.159. The van der Waals surface area contributed by atoms with Gasteiger partial charge in [-0.25, -0.2) is 14.3 Å². The van der Waals surface area contributed by atoms with Gasteiger partial charge in [-0.1, -0.05) is 48.6 Å². The monoisotopic (exact) mass is 405 g/mol. The molecule has 1 amide bonds. The Morgan fingerprint density at radius 2 is 1.69 bits per heavy atom. The average Bonchev–Trinajstić information content (AvgIpc) is 2.73. The second-order valence-corrected chi connectivity index (χ2v) is 6.89. The van der Waals surface area contributed by atoms with Gasteiger partial charge >= 0.3 is 0 Å². The van der Waals surface area contributed by atoms with Crippen LogP contribution in [0.15, 0.2) is 54.6 Å². The van der Waals surface area contributed by atoms with Crippen molar-refractivity contribution in [2.75, 3.05) is 7.11 Å². The van der Waals surface area contributed by atoms with Gasteiger partial charge in [-0.05, 0) is 48.6 Å². The average molecular weight is 405 g/mol. The zero-order chi connectivity index (χ0) is 21.4. The summed E-state index contributed by atoms with van der Waals surface area (Å²) in [5.74, 6) is -1.69. The standard InChI is InChI=1S/C22H25F2NO4/c1-22(27,21(23)24)19(20(26)25-28)6-4-3-5-15-7-9-16(10-8-15)17-11-13-18(29-2)14-12-17/h3,5,7-14,19,21,27-28H,4,6H2,1-2H3,(H,25,26)/b5-3+/t19-,22+/m1/s1. The maximum atomic E-state index is 13.0. The molecule has 0 radical (unpaired) electrons. The summed E-state index contributed by atoms with van der Waals surface area (Å²) in [6.07, 6.45) is 0.676. The van der Waals surface area contributed by atoms with E-state index in [0.717, 1.165) is 29.4 Å². The van der Waals surface area contributed by atoms with E-state index in [-0.39, 0.29) is 12.8 Å². The Balaban J connectivity index is 1.99. The van der Waals surface area contributed by atoms with Gasteiger partial charge in [-0.2, -0.15) is 0 Å². The van der Waals surface area contributed by atoms with E-state index >= 15 is 0 Å². The van der Waals surface area contributed by atoms with Crippen molar-refractivity contribution in [2.24, 2.45) is 5.92 Å². The number of hydrogen-bond donors (Lipinski definition) is 3. The number of hydrogen-bond acceptors (Lipinski definition) is 4. The maximum Gasteiger partial charge on any atom is 0.267 e. The molecule has 0 aliphatic rings. The van der Waals surface area contributed by atoms with E-state index in [1.807, 2.05) is 54.6 Å². The fraction of sp³-hybridized carbons (Fsp3) is 0.318. The van der Waals surface area contributed by atoms with Crippen molar-refractivity contribution in [3.63, 3.8) is 0 Å². The van der Waals surface area contributed by atoms with E-state index in [0.29, 0.717) is 0 Å². The first-order valence-electron chi connectivity index (χ1n) is 9.15. The summed E-state index contributed by atoms with van der Waals surface area (Å²) in [6, 6.07) is 15.5. The normalized spacial score (nSPS) is 14.6. The lowest BCUT2D eigenvalue weighted by Gasteiger charge is -2.30. The summed E-state index contributed by atoms with van der Waals surface area (Å²) >= 11 is 0. The number of halogens is 2. The smallest absolute Gasteiger partial charge is 0.267 e. The van der Waals surface area contributed by atoms with Crippen molar-refractivity contribution in [1.29, 1.82) is 0 Å². The van der Waals surface area contributed by atoms with Gasteiger partial charge < -0.3 is 9.84 Å². The highest BCUT2D eigenvalue weighted by atomic mass is 19.3. The number of nitrogens with one attached hydrogen (secondary N) is 1. The van der Waals surface area contributed by atoms with Gasteiger partial charge in [0, 0.05) is 0 Å². The number of methoxy groups -OCH3 is 1. The van der Waals surface area contributed by atoms with E-state index in [4.69, 9.17) is 9.94 Å². The molecule has 5 nitrogen and oxygen atoms in total. The quantitative estimate of drug-likeness (QED) is 0.430. The highest BCUT2D eigenvalue weighted by Gasteiger charge is 2.44. The molecule has 7 heteroatoms. The van der Waals surface area contributed by atoms with Crippen molar-refractivity contribution in [2.45, 2.75) is 31.8 Å². The van der Waals surface area contributed by atoms with E-state index in [2.05, 4.69) is 0 Å². The second kappa shape index (κ2) is 10.1. The molecule has 0 aliphatic carbocycles. The highest BCUT2D eigenvalue weighted by molar-refractivity contribution is 5.78. The summed E-state index contributed by atoms with van der Waals surface area (Å²) in [6.45, 7) is 0.888. The molecule has 2 aromatic carbocycles. The van der Waals surface area contributed by atoms with Gasteiger partial charge in [0.1, 0.15) is 11.4 Å².